The topological polar surface area (TPSA) is 95.9 Å². The second kappa shape index (κ2) is 8.10. The number of hydrogen-bond acceptors (Lipinski definition) is 7. The molecule has 2 aromatic rings. The number of esters is 1. The van der Waals surface area contributed by atoms with Crippen LogP contribution in [0.2, 0.25) is 5.28 Å². The van der Waals surface area contributed by atoms with Crippen molar-refractivity contribution in [3.63, 3.8) is 0 Å². The highest BCUT2D eigenvalue weighted by atomic mass is 35.5. The molecule has 2 saturated heterocycles. The van der Waals surface area contributed by atoms with Gasteiger partial charge in [-0.15, -0.1) is 0 Å². The molecule has 32 heavy (non-hydrogen) atoms. The molecule has 4 heterocycles. The Morgan fingerprint density at radius 3 is 2.78 bits per heavy atom. The number of anilines is 1. The summed E-state index contributed by atoms with van der Waals surface area (Å²) in [6.45, 7) is 4.98. The van der Waals surface area contributed by atoms with Crippen LogP contribution < -0.4 is 4.90 Å². The molecule has 3 aliphatic rings. The Morgan fingerprint density at radius 1 is 1.25 bits per heavy atom. The van der Waals surface area contributed by atoms with E-state index in [2.05, 4.69) is 14.9 Å². The van der Waals surface area contributed by atoms with Crippen LogP contribution in [0.3, 0.4) is 0 Å². The summed E-state index contributed by atoms with van der Waals surface area (Å²) in [5, 5.41) is 11.0. The SMILES string of the molecule is Cc1c([C@@H](O)CN2CCC3(CC2)CC(=O)N(c2ccnc(Cl)n2)C3)ccc2c1COC2=O. The van der Waals surface area contributed by atoms with Gasteiger partial charge in [0.15, 0.2) is 0 Å². The number of β-amino-alcohol motifs (C(OH)–C–C–N with tert-alkyl or cyclic N) is 1. The Hall–Kier alpha value is -2.55. The third-order valence-corrected chi connectivity index (χ3v) is 7.31. The highest BCUT2D eigenvalue weighted by molar-refractivity contribution is 6.28. The first-order valence-corrected chi connectivity index (χ1v) is 11.2. The zero-order valence-corrected chi connectivity index (χ0v) is 18.6. The van der Waals surface area contributed by atoms with Gasteiger partial charge in [0, 0.05) is 31.3 Å². The van der Waals surface area contributed by atoms with E-state index >= 15 is 0 Å². The molecular weight excluding hydrogens is 432 g/mol. The first-order valence-electron chi connectivity index (χ1n) is 10.8. The molecule has 0 aliphatic carbocycles. The highest BCUT2D eigenvalue weighted by Crippen LogP contribution is 2.42. The first kappa shape index (κ1) is 21.3. The molecule has 168 valence electrons. The van der Waals surface area contributed by atoms with Gasteiger partial charge in [-0.1, -0.05) is 6.07 Å². The molecule has 8 nitrogen and oxygen atoms in total. The van der Waals surface area contributed by atoms with E-state index in [1.165, 1.54) is 0 Å². The van der Waals surface area contributed by atoms with Crippen molar-refractivity contribution in [2.24, 2.45) is 5.41 Å². The smallest absolute Gasteiger partial charge is 0.338 e. The van der Waals surface area contributed by atoms with Crippen LogP contribution in [0.4, 0.5) is 5.82 Å². The third kappa shape index (κ3) is 3.76. The van der Waals surface area contributed by atoms with E-state index in [0.717, 1.165) is 42.6 Å². The minimum Gasteiger partial charge on any atom is -0.457 e. The van der Waals surface area contributed by atoms with E-state index in [-0.39, 0.29) is 29.2 Å². The maximum absolute atomic E-state index is 12.7. The Labute approximate surface area is 191 Å². The Morgan fingerprint density at radius 2 is 2.03 bits per heavy atom. The van der Waals surface area contributed by atoms with Crippen LogP contribution in [-0.4, -0.2) is 58.0 Å². The van der Waals surface area contributed by atoms with Gasteiger partial charge in [0.05, 0.1) is 11.7 Å². The van der Waals surface area contributed by atoms with E-state index in [1.807, 2.05) is 13.0 Å². The van der Waals surface area contributed by atoms with Gasteiger partial charge >= 0.3 is 5.97 Å². The summed E-state index contributed by atoms with van der Waals surface area (Å²) < 4.78 is 5.12. The minimum absolute atomic E-state index is 0.0683. The first-order chi connectivity index (χ1) is 15.3. The number of amides is 1. The van der Waals surface area contributed by atoms with E-state index in [4.69, 9.17) is 16.3 Å². The van der Waals surface area contributed by atoms with Gasteiger partial charge in [-0.3, -0.25) is 9.69 Å². The molecule has 1 atom stereocenters. The number of rotatable bonds is 4. The number of aliphatic hydroxyl groups excluding tert-OH is 1. The Bertz CT molecular complexity index is 1080. The molecule has 1 amide bonds. The van der Waals surface area contributed by atoms with Crippen molar-refractivity contribution in [1.29, 1.82) is 0 Å². The van der Waals surface area contributed by atoms with Gasteiger partial charge in [-0.2, -0.15) is 0 Å². The summed E-state index contributed by atoms with van der Waals surface area (Å²) in [6.07, 6.45) is 3.19. The van der Waals surface area contributed by atoms with E-state index in [0.29, 0.717) is 30.9 Å². The van der Waals surface area contributed by atoms with E-state index in [1.54, 1.807) is 23.2 Å². The minimum atomic E-state index is -0.644. The molecule has 0 bridgehead atoms. The number of fused-ring (bicyclic) bond motifs is 1. The molecule has 0 radical (unpaired) electrons. The standard InChI is InChI=1S/C23H25ClN4O4/c1-14-15(2-3-16-17(14)12-32-21(16)31)18(29)11-27-8-5-23(6-9-27)10-20(30)28(13-23)19-4-7-25-22(24)26-19/h2-4,7,18,29H,5-6,8-13H2,1H3/t18-/m0/s1. The quantitative estimate of drug-likeness (QED) is 0.558. The summed E-state index contributed by atoms with van der Waals surface area (Å²) in [6, 6.07) is 5.29. The van der Waals surface area contributed by atoms with Crippen LogP contribution in [0.15, 0.2) is 24.4 Å². The van der Waals surface area contributed by atoms with Gasteiger partial charge in [-0.05, 0) is 73.1 Å². The number of likely N-dealkylation sites (tertiary alicyclic amines) is 1. The largest absolute Gasteiger partial charge is 0.457 e. The van der Waals surface area contributed by atoms with Crippen molar-refractivity contribution in [2.45, 2.75) is 38.9 Å². The van der Waals surface area contributed by atoms with Crippen molar-refractivity contribution < 1.29 is 19.4 Å². The zero-order valence-electron chi connectivity index (χ0n) is 17.9. The molecule has 1 N–H and O–H groups in total. The molecule has 1 aromatic carbocycles. The fraction of sp³-hybridized carbons (Fsp3) is 0.478. The van der Waals surface area contributed by atoms with E-state index in [9.17, 15) is 14.7 Å². The number of piperidine rings is 1. The normalized spacial score (nSPS) is 21.2. The summed E-state index contributed by atoms with van der Waals surface area (Å²) in [5.74, 6) is 0.327. The second-order valence-electron chi connectivity index (χ2n) is 9.04. The number of aromatic nitrogens is 2. The van der Waals surface area contributed by atoms with Gasteiger partial charge < -0.3 is 14.7 Å². The average Bonchev–Trinajstić information content (AvgIpc) is 3.31. The summed E-state index contributed by atoms with van der Waals surface area (Å²) in [4.78, 5) is 36.5. The molecule has 0 unspecified atom stereocenters. The molecule has 2 fully saturated rings. The van der Waals surface area contributed by atoms with Crippen molar-refractivity contribution in [3.8, 4) is 0 Å². The highest BCUT2D eigenvalue weighted by Gasteiger charge is 2.46. The molecule has 9 heteroatoms. The number of nitrogens with zero attached hydrogens (tertiary/aromatic N) is 4. The predicted octanol–water partition coefficient (Wildman–Crippen LogP) is 2.66. The molecule has 1 aromatic heterocycles. The number of cyclic esters (lactones) is 1. The van der Waals surface area contributed by atoms with Crippen molar-refractivity contribution in [1.82, 2.24) is 14.9 Å². The lowest BCUT2D eigenvalue weighted by Crippen LogP contribution is -2.43. The lowest BCUT2D eigenvalue weighted by Gasteiger charge is -2.39. The summed E-state index contributed by atoms with van der Waals surface area (Å²) in [7, 11) is 0. The lowest BCUT2D eigenvalue weighted by molar-refractivity contribution is -0.118. The average molecular weight is 457 g/mol. The summed E-state index contributed by atoms with van der Waals surface area (Å²) >= 11 is 5.90. The lowest BCUT2D eigenvalue weighted by atomic mass is 9.77. The number of carbonyl (C=O) groups excluding carboxylic acids is 2. The Balaban J connectivity index is 1.22. The molecular formula is C23H25ClN4O4. The van der Waals surface area contributed by atoms with Crippen LogP contribution in [0.5, 0.6) is 0 Å². The number of aliphatic hydroxyl groups is 1. The molecule has 5 rings (SSSR count). The number of benzene rings is 1. The van der Waals surface area contributed by atoms with Crippen LogP contribution >= 0.6 is 11.6 Å². The Kier molecular flexibility index (Phi) is 5.39. The van der Waals surface area contributed by atoms with E-state index < -0.39 is 6.10 Å². The van der Waals surface area contributed by atoms with Gasteiger partial charge in [0.25, 0.3) is 0 Å². The summed E-state index contributed by atoms with van der Waals surface area (Å²) in [5.41, 5.74) is 3.16. The van der Waals surface area contributed by atoms with Crippen molar-refractivity contribution >= 4 is 29.3 Å². The maximum Gasteiger partial charge on any atom is 0.338 e. The van der Waals surface area contributed by atoms with Gasteiger partial charge in [0.2, 0.25) is 11.2 Å². The number of ether oxygens (including phenoxy) is 1. The zero-order chi connectivity index (χ0) is 22.5. The van der Waals surface area contributed by atoms with Gasteiger partial charge in [-0.25, -0.2) is 14.8 Å². The third-order valence-electron chi connectivity index (χ3n) is 7.12. The van der Waals surface area contributed by atoms with Crippen LogP contribution in [0.1, 0.15) is 52.4 Å². The van der Waals surface area contributed by atoms with Crippen LogP contribution in [0, 0.1) is 12.3 Å². The number of carbonyl (C=O) groups is 2. The van der Waals surface area contributed by atoms with Crippen LogP contribution in [0.25, 0.3) is 0 Å². The predicted molar refractivity (Wildman–Crippen MR) is 117 cm³/mol. The van der Waals surface area contributed by atoms with Crippen molar-refractivity contribution in [3.05, 3.63) is 51.9 Å². The molecule has 1 spiro atoms. The molecule has 3 aliphatic heterocycles. The van der Waals surface area contributed by atoms with Crippen LogP contribution in [-0.2, 0) is 16.1 Å². The fourth-order valence-corrected chi connectivity index (χ4v) is 5.34. The monoisotopic (exact) mass is 456 g/mol. The second-order valence-corrected chi connectivity index (χ2v) is 9.38. The number of halogens is 1. The van der Waals surface area contributed by atoms with Crippen molar-refractivity contribution in [2.75, 3.05) is 31.1 Å². The maximum atomic E-state index is 12.7. The molecule has 0 saturated carbocycles. The van der Waals surface area contributed by atoms with Gasteiger partial charge in [0.1, 0.15) is 12.4 Å². The number of hydrogen-bond donors (Lipinski definition) is 1. The fourth-order valence-electron chi connectivity index (χ4n) is 5.20.